The number of hydrogen-bond acceptors (Lipinski definition) is 4. The highest BCUT2D eigenvalue weighted by Gasteiger charge is 2.52. The fraction of sp³-hybridized carbons (Fsp3) is 0.407. The fourth-order valence-electron chi connectivity index (χ4n) is 4.95. The summed E-state index contributed by atoms with van der Waals surface area (Å²) in [5, 5.41) is 4.26. The molecular formula is C27H32N4O3. The van der Waals surface area contributed by atoms with Gasteiger partial charge in [-0.25, -0.2) is 0 Å². The maximum atomic E-state index is 13.6. The van der Waals surface area contributed by atoms with Crippen molar-refractivity contribution < 1.29 is 14.3 Å². The van der Waals surface area contributed by atoms with Crippen molar-refractivity contribution in [3.63, 3.8) is 0 Å². The highest BCUT2D eigenvalue weighted by molar-refractivity contribution is 5.96. The number of carbonyl (C=O) groups excluding carboxylic acids is 2. The number of benzene rings is 2. The van der Waals surface area contributed by atoms with E-state index in [4.69, 9.17) is 4.74 Å². The van der Waals surface area contributed by atoms with Crippen LogP contribution in [0.1, 0.15) is 24.0 Å². The monoisotopic (exact) mass is 460 g/mol. The van der Waals surface area contributed by atoms with Gasteiger partial charge in [0.05, 0.1) is 12.5 Å². The summed E-state index contributed by atoms with van der Waals surface area (Å²) in [6.07, 6.45) is 3.98. The summed E-state index contributed by atoms with van der Waals surface area (Å²) in [6.45, 7) is 3.04. The van der Waals surface area contributed by atoms with Crippen LogP contribution >= 0.6 is 0 Å². The maximum absolute atomic E-state index is 13.6. The molecule has 1 aliphatic heterocycles. The zero-order valence-electron chi connectivity index (χ0n) is 19.8. The molecule has 178 valence electrons. The molecule has 34 heavy (non-hydrogen) atoms. The second-order valence-corrected chi connectivity index (χ2v) is 9.53. The predicted octanol–water partition coefficient (Wildman–Crippen LogP) is 2.71. The van der Waals surface area contributed by atoms with Gasteiger partial charge in [-0.2, -0.15) is 0 Å². The highest BCUT2D eigenvalue weighted by atomic mass is 16.5. The zero-order valence-corrected chi connectivity index (χ0v) is 19.8. The van der Waals surface area contributed by atoms with Crippen molar-refractivity contribution in [3.8, 4) is 5.75 Å². The standard InChI is InChI=1S/C27H32N4O3/c1-30-13-15-31(16-14-30)25(32)24(17-19-18-28-23-6-4-3-5-22(19)23)29-26(33)27(11-12-27)20-7-9-21(34-2)10-8-20/h3-10,18,24,28H,11-17H2,1-2H3,(H,29,33)/t24-/m0/s1. The molecule has 1 saturated carbocycles. The van der Waals surface area contributed by atoms with Crippen molar-refractivity contribution in [1.29, 1.82) is 0 Å². The van der Waals surface area contributed by atoms with E-state index in [2.05, 4.69) is 28.3 Å². The molecule has 5 rings (SSSR count). The third kappa shape index (κ3) is 4.28. The molecule has 7 nitrogen and oxygen atoms in total. The van der Waals surface area contributed by atoms with E-state index in [0.29, 0.717) is 19.5 Å². The van der Waals surface area contributed by atoms with E-state index >= 15 is 0 Å². The molecule has 2 aliphatic rings. The number of piperazine rings is 1. The van der Waals surface area contributed by atoms with Crippen molar-refractivity contribution in [1.82, 2.24) is 20.1 Å². The van der Waals surface area contributed by atoms with Gasteiger partial charge in [0, 0.05) is 49.7 Å². The largest absolute Gasteiger partial charge is 0.497 e. The van der Waals surface area contributed by atoms with Gasteiger partial charge in [-0.3, -0.25) is 9.59 Å². The summed E-state index contributed by atoms with van der Waals surface area (Å²) in [7, 11) is 3.70. The van der Waals surface area contributed by atoms with Gasteiger partial charge < -0.3 is 24.8 Å². The first kappa shape index (κ1) is 22.5. The van der Waals surface area contributed by atoms with Crippen molar-refractivity contribution in [2.24, 2.45) is 0 Å². The Kier molecular flexibility index (Phi) is 6.04. The van der Waals surface area contributed by atoms with Crippen LogP contribution in [0.25, 0.3) is 10.9 Å². The Morgan fingerprint density at radius 3 is 2.44 bits per heavy atom. The van der Waals surface area contributed by atoms with Crippen LogP contribution < -0.4 is 10.1 Å². The third-order valence-electron chi connectivity index (χ3n) is 7.34. The summed E-state index contributed by atoms with van der Waals surface area (Å²) in [5.41, 5.74) is 2.49. The van der Waals surface area contributed by atoms with E-state index in [1.165, 1.54) is 0 Å². The molecule has 2 aromatic carbocycles. The lowest BCUT2D eigenvalue weighted by Crippen LogP contribution is -2.56. The number of fused-ring (bicyclic) bond motifs is 1. The SMILES string of the molecule is COc1ccc(C2(C(=O)N[C@@H](Cc3c[nH]c4ccccc34)C(=O)N3CCN(C)CC3)CC2)cc1. The Bertz CT molecular complexity index is 1170. The first-order chi connectivity index (χ1) is 16.5. The number of nitrogens with one attached hydrogen (secondary N) is 2. The van der Waals surface area contributed by atoms with Gasteiger partial charge >= 0.3 is 0 Å². The van der Waals surface area contributed by atoms with Gasteiger partial charge in [0.1, 0.15) is 11.8 Å². The third-order valence-corrected chi connectivity index (χ3v) is 7.34. The van der Waals surface area contributed by atoms with Crippen LogP contribution in [0.2, 0.25) is 0 Å². The van der Waals surface area contributed by atoms with E-state index in [0.717, 1.165) is 53.7 Å². The summed E-state index contributed by atoms with van der Waals surface area (Å²) in [6, 6.07) is 15.2. The number of hydrogen-bond donors (Lipinski definition) is 2. The summed E-state index contributed by atoms with van der Waals surface area (Å²) in [4.78, 5) is 34.6. The Morgan fingerprint density at radius 2 is 1.76 bits per heavy atom. The molecule has 0 unspecified atom stereocenters. The quantitative estimate of drug-likeness (QED) is 0.568. The Balaban J connectivity index is 1.39. The lowest BCUT2D eigenvalue weighted by Gasteiger charge is -2.35. The van der Waals surface area contributed by atoms with Crippen LogP contribution in [-0.4, -0.2) is 73.0 Å². The molecule has 7 heteroatoms. The number of rotatable bonds is 7. The molecule has 1 aromatic heterocycles. The summed E-state index contributed by atoms with van der Waals surface area (Å²) < 4.78 is 5.27. The van der Waals surface area contributed by atoms with E-state index in [-0.39, 0.29) is 11.8 Å². The van der Waals surface area contributed by atoms with Crippen LogP contribution in [0.5, 0.6) is 5.75 Å². The minimum Gasteiger partial charge on any atom is -0.497 e. The number of amides is 2. The molecule has 1 aliphatic carbocycles. The number of ether oxygens (including phenoxy) is 1. The van der Waals surface area contributed by atoms with Gasteiger partial charge in [-0.1, -0.05) is 30.3 Å². The van der Waals surface area contributed by atoms with Crippen LogP contribution in [-0.2, 0) is 21.4 Å². The Hall–Kier alpha value is -3.32. The fourth-order valence-corrected chi connectivity index (χ4v) is 4.95. The summed E-state index contributed by atoms with van der Waals surface area (Å²) in [5.74, 6) is 0.699. The number of nitrogens with zero attached hydrogens (tertiary/aromatic N) is 2. The number of carbonyl (C=O) groups is 2. The molecule has 1 saturated heterocycles. The van der Waals surface area contributed by atoms with Crippen molar-refractivity contribution in [2.75, 3.05) is 40.3 Å². The first-order valence-corrected chi connectivity index (χ1v) is 12.0. The van der Waals surface area contributed by atoms with Crippen LogP contribution in [0.4, 0.5) is 0 Å². The van der Waals surface area contributed by atoms with E-state index in [1.54, 1.807) is 7.11 Å². The topological polar surface area (TPSA) is 77.7 Å². The maximum Gasteiger partial charge on any atom is 0.245 e. The average molecular weight is 461 g/mol. The zero-order chi connectivity index (χ0) is 23.7. The first-order valence-electron chi connectivity index (χ1n) is 12.0. The minimum atomic E-state index is -0.606. The van der Waals surface area contributed by atoms with E-state index in [1.807, 2.05) is 53.6 Å². The number of para-hydroxylation sites is 1. The normalized spacial score (nSPS) is 18.5. The number of aromatic nitrogens is 1. The van der Waals surface area contributed by atoms with Crippen molar-refractivity contribution in [2.45, 2.75) is 30.7 Å². The molecule has 2 fully saturated rings. The van der Waals surface area contributed by atoms with Crippen LogP contribution in [0.15, 0.2) is 54.7 Å². The molecule has 3 aromatic rings. The van der Waals surface area contributed by atoms with Gasteiger partial charge in [-0.15, -0.1) is 0 Å². The molecule has 0 radical (unpaired) electrons. The van der Waals surface area contributed by atoms with Crippen molar-refractivity contribution >= 4 is 22.7 Å². The van der Waals surface area contributed by atoms with Gasteiger partial charge in [-0.05, 0) is 49.2 Å². The smallest absolute Gasteiger partial charge is 0.245 e. The number of aromatic amines is 1. The highest BCUT2D eigenvalue weighted by Crippen LogP contribution is 2.48. The summed E-state index contributed by atoms with van der Waals surface area (Å²) >= 11 is 0. The molecule has 2 amide bonds. The molecule has 0 bridgehead atoms. The molecular weight excluding hydrogens is 428 g/mol. The molecule has 2 N–H and O–H groups in total. The molecule has 1 atom stereocenters. The minimum absolute atomic E-state index is 0.00254. The lowest BCUT2D eigenvalue weighted by molar-refractivity contribution is -0.138. The van der Waals surface area contributed by atoms with Crippen LogP contribution in [0.3, 0.4) is 0 Å². The van der Waals surface area contributed by atoms with Gasteiger partial charge in [0.15, 0.2) is 0 Å². The average Bonchev–Trinajstić information content (AvgIpc) is 3.59. The number of methoxy groups -OCH3 is 1. The number of likely N-dealkylation sites (N-methyl/N-ethyl adjacent to an activating group) is 1. The Labute approximate surface area is 200 Å². The van der Waals surface area contributed by atoms with Gasteiger partial charge in [0.25, 0.3) is 0 Å². The Morgan fingerprint density at radius 1 is 1.06 bits per heavy atom. The lowest BCUT2D eigenvalue weighted by atomic mass is 9.93. The second-order valence-electron chi connectivity index (χ2n) is 9.53. The van der Waals surface area contributed by atoms with Gasteiger partial charge in [0.2, 0.25) is 11.8 Å². The molecule has 2 heterocycles. The van der Waals surface area contributed by atoms with Crippen molar-refractivity contribution in [3.05, 3.63) is 65.9 Å². The molecule has 0 spiro atoms. The second kappa shape index (κ2) is 9.14. The van der Waals surface area contributed by atoms with E-state index in [9.17, 15) is 9.59 Å². The van der Waals surface area contributed by atoms with Crippen LogP contribution in [0, 0.1) is 0 Å². The predicted molar refractivity (Wildman–Crippen MR) is 132 cm³/mol. The van der Waals surface area contributed by atoms with E-state index < -0.39 is 11.5 Å². The number of H-pyrrole nitrogens is 1.